The maximum Gasteiger partial charge on any atom is 0.0928 e. The quantitative estimate of drug-likeness (QED) is 0.525. The van der Waals surface area contributed by atoms with Crippen molar-refractivity contribution in [2.75, 3.05) is 39.6 Å². The summed E-state index contributed by atoms with van der Waals surface area (Å²) >= 11 is 0. The highest BCUT2D eigenvalue weighted by Crippen LogP contribution is 2.06. The molecule has 1 aromatic rings. The molecule has 1 rings (SSSR count). The lowest BCUT2D eigenvalue weighted by atomic mass is 10.1. The second kappa shape index (κ2) is 8.06. The van der Waals surface area contributed by atoms with Crippen molar-refractivity contribution in [3.63, 3.8) is 0 Å². The Morgan fingerprint density at radius 3 is 2.82 bits per heavy atom. The van der Waals surface area contributed by atoms with Gasteiger partial charge >= 0.3 is 0 Å². The van der Waals surface area contributed by atoms with E-state index in [0.29, 0.717) is 6.61 Å². The van der Waals surface area contributed by atoms with Crippen LogP contribution in [-0.2, 0) is 15.9 Å². The molecule has 0 aliphatic heterocycles. The summed E-state index contributed by atoms with van der Waals surface area (Å²) in [6.07, 6.45) is 1.08. The molecular formula is C13H22N2O2. The highest BCUT2D eigenvalue weighted by molar-refractivity contribution is 5.40. The molecule has 4 nitrogen and oxygen atoms in total. The Kier molecular flexibility index (Phi) is 6.62. The van der Waals surface area contributed by atoms with E-state index in [2.05, 4.69) is 11.4 Å². The van der Waals surface area contributed by atoms with Crippen molar-refractivity contribution in [3.05, 3.63) is 29.8 Å². The number of nitrogen functional groups attached to an aromatic ring is 1. The summed E-state index contributed by atoms with van der Waals surface area (Å²) in [6.45, 7) is 2.32. The van der Waals surface area contributed by atoms with Gasteiger partial charge in [-0.05, 0) is 30.7 Å². The molecule has 0 amide bonds. The lowest BCUT2D eigenvalue weighted by Crippen LogP contribution is -2.32. The van der Waals surface area contributed by atoms with E-state index in [0.717, 1.165) is 25.2 Å². The van der Waals surface area contributed by atoms with Crippen molar-refractivity contribution in [2.24, 2.45) is 0 Å². The number of anilines is 1. The molecule has 0 bridgehead atoms. The average Bonchev–Trinajstić information content (AvgIpc) is 2.33. The smallest absolute Gasteiger partial charge is 0.0928 e. The zero-order valence-electron chi connectivity index (χ0n) is 10.6. The van der Waals surface area contributed by atoms with Crippen LogP contribution in [0.5, 0.6) is 0 Å². The molecule has 0 spiro atoms. The zero-order valence-corrected chi connectivity index (χ0v) is 10.6. The van der Waals surface area contributed by atoms with Gasteiger partial charge in [-0.15, -0.1) is 0 Å². The molecule has 0 saturated carbocycles. The first kappa shape index (κ1) is 14.0. The fourth-order valence-corrected chi connectivity index (χ4v) is 1.64. The number of hydrogen-bond donors (Lipinski definition) is 2. The van der Waals surface area contributed by atoms with E-state index < -0.39 is 0 Å². The molecule has 1 aromatic carbocycles. The van der Waals surface area contributed by atoms with Crippen molar-refractivity contribution in [1.82, 2.24) is 5.32 Å². The largest absolute Gasteiger partial charge is 0.399 e. The number of methoxy groups -OCH3 is 2. The van der Waals surface area contributed by atoms with Gasteiger partial charge in [-0.1, -0.05) is 12.1 Å². The van der Waals surface area contributed by atoms with Gasteiger partial charge in [-0.2, -0.15) is 0 Å². The molecule has 1 unspecified atom stereocenters. The molecule has 0 aromatic heterocycles. The van der Waals surface area contributed by atoms with Gasteiger partial charge in [-0.25, -0.2) is 0 Å². The van der Waals surface area contributed by atoms with E-state index in [1.54, 1.807) is 14.2 Å². The Morgan fingerprint density at radius 2 is 2.18 bits per heavy atom. The highest BCUT2D eigenvalue weighted by atomic mass is 16.5. The number of nitrogens with one attached hydrogen (secondary N) is 1. The van der Waals surface area contributed by atoms with Gasteiger partial charge in [-0.3, -0.25) is 0 Å². The Bertz CT molecular complexity index is 318. The third-order valence-corrected chi connectivity index (χ3v) is 2.60. The predicted octanol–water partition coefficient (Wildman–Crippen LogP) is 1.06. The minimum atomic E-state index is 0.112. The van der Waals surface area contributed by atoms with E-state index in [9.17, 15) is 0 Å². The van der Waals surface area contributed by atoms with Crippen LogP contribution in [0, 0.1) is 0 Å². The van der Waals surface area contributed by atoms with Crippen molar-refractivity contribution in [1.29, 1.82) is 0 Å². The van der Waals surface area contributed by atoms with Crippen molar-refractivity contribution in [3.8, 4) is 0 Å². The number of benzene rings is 1. The minimum absolute atomic E-state index is 0.112. The number of nitrogens with two attached hydrogens (primary N) is 1. The van der Waals surface area contributed by atoms with Crippen LogP contribution < -0.4 is 11.1 Å². The molecule has 0 radical (unpaired) electrons. The lowest BCUT2D eigenvalue weighted by molar-refractivity contribution is 0.0291. The van der Waals surface area contributed by atoms with Crippen LogP contribution in [0.1, 0.15) is 5.56 Å². The van der Waals surface area contributed by atoms with Gasteiger partial charge in [0.25, 0.3) is 0 Å². The Hall–Kier alpha value is -1.10. The summed E-state index contributed by atoms with van der Waals surface area (Å²) in [4.78, 5) is 0. The monoisotopic (exact) mass is 238 g/mol. The van der Waals surface area contributed by atoms with Gasteiger partial charge < -0.3 is 20.5 Å². The van der Waals surface area contributed by atoms with Crippen LogP contribution in [0.25, 0.3) is 0 Å². The van der Waals surface area contributed by atoms with Crippen LogP contribution in [0.2, 0.25) is 0 Å². The Balaban J connectivity index is 2.19. The summed E-state index contributed by atoms with van der Waals surface area (Å²) in [7, 11) is 3.38. The third kappa shape index (κ3) is 5.68. The molecule has 17 heavy (non-hydrogen) atoms. The van der Waals surface area contributed by atoms with Crippen LogP contribution in [0.15, 0.2) is 24.3 Å². The van der Waals surface area contributed by atoms with Gasteiger partial charge in [0, 0.05) is 26.5 Å². The fourth-order valence-electron chi connectivity index (χ4n) is 1.64. The van der Waals surface area contributed by atoms with E-state index in [-0.39, 0.29) is 6.10 Å². The first-order valence-electron chi connectivity index (χ1n) is 5.83. The molecule has 0 fully saturated rings. The van der Waals surface area contributed by atoms with Crippen molar-refractivity contribution in [2.45, 2.75) is 12.5 Å². The Morgan fingerprint density at radius 1 is 1.35 bits per heavy atom. The van der Waals surface area contributed by atoms with Gasteiger partial charge in [0.15, 0.2) is 0 Å². The van der Waals surface area contributed by atoms with Crippen molar-refractivity contribution < 1.29 is 9.47 Å². The summed E-state index contributed by atoms with van der Waals surface area (Å²) in [5.74, 6) is 0. The van der Waals surface area contributed by atoms with Crippen LogP contribution in [0.4, 0.5) is 5.69 Å². The Labute approximate surface area is 103 Å². The standard InChI is InChI=1S/C13H22N2O2/c1-16-10-13(17-2)9-15-7-6-11-4-3-5-12(14)8-11/h3-5,8,13,15H,6-7,9-10,14H2,1-2H3. The maximum atomic E-state index is 5.72. The van der Waals surface area contributed by atoms with Crippen LogP contribution in [0.3, 0.4) is 0 Å². The third-order valence-electron chi connectivity index (χ3n) is 2.60. The van der Waals surface area contributed by atoms with Gasteiger partial charge in [0.1, 0.15) is 0 Å². The average molecular weight is 238 g/mol. The predicted molar refractivity (Wildman–Crippen MR) is 70.1 cm³/mol. The SMILES string of the molecule is COCC(CNCCc1cccc(N)c1)OC. The normalized spacial score (nSPS) is 12.6. The van der Waals surface area contributed by atoms with E-state index in [1.807, 2.05) is 18.2 Å². The molecule has 0 heterocycles. The first-order chi connectivity index (χ1) is 8.26. The molecule has 4 heteroatoms. The minimum Gasteiger partial charge on any atom is -0.399 e. The van der Waals surface area contributed by atoms with E-state index in [1.165, 1.54) is 5.56 Å². The van der Waals surface area contributed by atoms with Crippen LogP contribution >= 0.6 is 0 Å². The zero-order chi connectivity index (χ0) is 12.5. The summed E-state index contributed by atoms with van der Waals surface area (Å²) in [6, 6.07) is 7.97. The molecule has 0 aliphatic rings. The number of hydrogen-bond acceptors (Lipinski definition) is 4. The molecule has 0 saturated heterocycles. The molecule has 0 aliphatic carbocycles. The highest BCUT2D eigenvalue weighted by Gasteiger charge is 2.05. The fraction of sp³-hybridized carbons (Fsp3) is 0.538. The maximum absolute atomic E-state index is 5.72. The van der Waals surface area contributed by atoms with E-state index >= 15 is 0 Å². The summed E-state index contributed by atoms with van der Waals surface area (Å²) in [5.41, 5.74) is 7.78. The van der Waals surface area contributed by atoms with Gasteiger partial charge in [0.2, 0.25) is 0 Å². The summed E-state index contributed by atoms with van der Waals surface area (Å²) < 4.78 is 10.3. The first-order valence-corrected chi connectivity index (χ1v) is 5.83. The van der Waals surface area contributed by atoms with Crippen LogP contribution in [-0.4, -0.2) is 40.0 Å². The molecule has 1 atom stereocenters. The topological polar surface area (TPSA) is 56.5 Å². The lowest BCUT2D eigenvalue weighted by Gasteiger charge is -2.14. The van der Waals surface area contributed by atoms with Gasteiger partial charge in [0.05, 0.1) is 12.7 Å². The number of ether oxygens (including phenoxy) is 2. The second-order valence-corrected chi connectivity index (χ2v) is 4.01. The van der Waals surface area contributed by atoms with Crippen molar-refractivity contribution >= 4 is 5.69 Å². The molecule has 3 N–H and O–H groups in total. The summed E-state index contributed by atoms with van der Waals surface area (Å²) in [5, 5.41) is 3.34. The molecule has 96 valence electrons. The molecular weight excluding hydrogens is 216 g/mol. The number of rotatable bonds is 8. The van der Waals surface area contributed by atoms with E-state index in [4.69, 9.17) is 15.2 Å². The second-order valence-electron chi connectivity index (χ2n) is 4.01.